The molecule has 0 amide bonds. The monoisotopic (exact) mass is 311 g/mol. The molecule has 1 unspecified atom stereocenters. The molecular weight excluding hydrogens is 286 g/mol. The standard InChI is InChI=1S/C16H25NO3S/c1-4-13-8-7-12(11-18)10-14(13)21(19,20)17-15-6-5-9-16(15,2)3/h7-8,10,15,17-18H,4-6,9,11H2,1-3H3. The molecule has 21 heavy (non-hydrogen) atoms. The highest BCUT2D eigenvalue weighted by Gasteiger charge is 2.37. The van der Waals surface area contributed by atoms with Crippen LogP contribution in [0, 0.1) is 5.41 Å². The molecule has 1 saturated carbocycles. The van der Waals surface area contributed by atoms with Crippen molar-refractivity contribution in [3.05, 3.63) is 29.3 Å². The molecule has 0 aliphatic heterocycles. The normalized spacial score (nSPS) is 21.6. The molecule has 2 N–H and O–H groups in total. The van der Waals surface area contributed by atoms with Crippen molar-refractivity contribution in [2.24, 2.45) is 5.41 Å². The highest BCUT2D eigenvalue weighted by molar-refractivity contribution is 7.89. The van der Waals surface area contributed by atoms with Crippen LogP contribution in [0.3, 0.4) is 0 Å². The Hall–Kier alpha value is -0.910. The van der Waals surface area contributed by atoms with Gasteiger partial charge in [0.2, 0.25) is 10.0 Å². The average molecular weight is 311 g/mol. The quantitative estimate of drug-likeness (QED) is 0.878. The van der Waals surface area contributed by atoms with Crippen molar-refractivity contribution in [3.63, 3.8) is 0 Å². The van der Waals surface area contributed by atoms with Crippen LogP contribution in [0.5, 0.6) is 0 Å². The van der Waals surface area contributed by atoms with Crippen molar-refractivity contribution in [2.75, 3.05) is 0 Å². The second-order valence-corrected chi connectivity index (χ2v) is 8.19. The van der Waals surface area contributed by atoms with Crippen molar-refractivity contribution >= 4 is 10.0 Å². The van der Waals surface area contributed by atoms with E-state index in [0.29, 0.717) is 16.9 Å². The number of sulfonamides is 1. The zero-order chi connectivity index (χ0) is 15.7. The van der Waals surface area contributed by atoms with Crippen LogP contribution in [0.25, 0.3) is 0 Å². The number of rotatable bonds is 5. The smallest absolute Gasteiger partial charge is 0.241 e. The molecule has 4 nitrogen and oxygen atoms in total. The summed E-state index contributed by atoms with van der Waals surface area (Å²) in [4.78, 5) is 0.305. The molecule has 5 heteroatoms. The molecule has 1 aliphatic carbocycles. The summed E-state index contributed by atoms with van der Waals surface area (Å²) in [6, 6.07) is 5.13. The van der Waals surface area contributed by atoms with E-state index in [1.807, 2.05) is 6.92 Å². The Labute approximate surface area is 127 Å². The molecule has 2 rings (SSSR count). The summed E-state index contributed by atoms with van der Waals surface area (Å²) < 4.78 is 28.3. The minimum Gasteiger partial charge on any atom is -0.392 e. The molecule has 118 valence electrons. The summed E-state index contributed by atoms with van der Waals surface area (Å²) >= 11 is 0. The number of aryl methyl sites for hydroxylation is 1. The first-order chi connectivity index (χ1) is 9.80. The van der Waals surface area contributed by atoms with E-state index in [9.17, 15) is 13.5 Å². The summed E-state index contributed by atoms with van der Waals surface area (Å²) in [7, 11) is -3.55. The van der Waals surface area contributed by atoms with E-state index in [-0.39, 0.29) is 18.1 Å². The van der Waals surface area contributed by atoms with Gasteiger partial charge in [-0.3, -0.25) is 0 Å². The Morgan fingerprint density at radius 2 is 2.10 bits per heavy atom. The van der Waals surface area contributed by atoms with E-state index >= 15 is 0 Å². The number of aliphatic hydroxyl groups is 1. The van der Waals surface area contributed by atoms with Crippen LogP contribution in [0.2, 0.25) is 0 Å². The van der Waals surface area contributed by atoms with Gasteiger partial charge in [-0.2, -0.15) is 0 Å². The molecule has 1 aromatic carbocycles. The second kappa shape index (κ2) is 6.07. The van der Waals surface area contributed by atoms with Gasteiger partial charge in [0, 0.05) is 6.04 Å². The van der Waals surface area contributed by atoms with Crippen LogP contribution in [0.15, 0.2) is 23.1 Å². The van der Waals surface area contributed by atoms with E-state index in [0.717, 1.165) is 24.8 Å². The maximum absolute atomic E-state index is 12.7. The Kier molecular flexibility index (Phi) is 4.76. The fraction of sp³-hybridized carbons (Fsp3) is 0.625. The van der Waals surface area contributed by atoms with Crippen LogP contribution in [0.4, 0.5) is 0 Å². The predicted octanol–water partition coefficient (Wildman–Crippen LogP) is 2.60. The number of hydrogen-bond acceptors (Lipinski definition) is 3. The topological polar surface area (TPSA) is 66.4 Å². The molecule has 1 aliphatic rings. The maximum atomic E-state index is 12.7. The second-order valence-electron chi connectivity index (χ2n) is 6.51. The first kappa shape index (κ1) is 16.5. The summed E-state index contributed by atoms with van der Waals surface area (Å²) in [6.07, 6.45) is 3.62. The zero-order valence-corrected chi connectivity index (χ0v) is 13.8. The first-order valence-electron chi connectivity index (χ1n) is 7.55. The summed E-state index contributed by atoms with van der Waals surface area (Å²) in [5.41, 5.74) is 1.40. The predicted molar refractivity (Wildman–Crippen MR) is 83.5 cm³/mol. The lowest BCUT2D eigenvalue weighted by Gasteiger charge is -2.28. The van der Waals surface area contributed by atoms with E-state index < -0.39 is 10.0 Å². The van der Waals surface area contributed by atoms with Crippen LogP contribution in [0.1, 0.15) is 51.2 Å². The van der Waals surface area contributed by atoms with Gasteiger partial charge in [0.15, 0.2) is 0 Å². The number of hydrogen-bond donors (Lipinski definition) is 2. The highest BCUT2D eigenvalue weighted by atomic mass is 32.2. The van der Waals surface area contributed by atoms with Gasteiger partial charge in [0.05, 0.1) is 11.5 Å². The number of aliphatic hydroxyl groups excluding tert-OH is 1. The Bertz CT molecular complexity index is 608. The lowest BCUT2D eigenvalue weighted by atomic mass is 9.88. The third-order valence-corrected chi connectivity index (χ3v) is 6.09. The summed E-state index contributed by atoms with van der Waals surface area (Å²) in [6.45, 7) is 6.00. The van der Waals surface area contributed by atoms with Crippen molar-refractivity contribution in [1.82, 2.24) is 4.72 Å². The van der Waals surface area contributed by atoms with E-state index in [2.05, 4.69) is 18.6 Å². The molecule has 0 aromatic heterocycles. The number of nitrogens with one attached hydrogen (secondary N) is 1. The molecule has 0 bridgehead atoms. The van der Waals surface area contributed by atoms with Gasteiger partial charge in [-0.05, 0) is 41.9 Å². The van der Waals surface area contributed by atoms with Gasteiger partial charge in [0.1, 0.15) is 0 Å². The van der Waals surface area contributed by atoms with Crippen LogP contribution >= 0.6 is 0 Å². The van der Waals surface area contributed by atoms with Crippen LogP contribution < -0.4 is 4.72 Å². The lowest BCUT2D eigenvalue weighted by Crippen LogP contribution is -2.41. The minimum absolute atomic E-state index is 0.00592. The van der Waals surface area contributed by atoms with Gasteiger partial charge in [-0.25, -0.2) is 13.1 Å². The van der Waals surface area contributed by atoms with Crippen LogP contribution in [-0.4, -0.2) is 19.6 Å². The molecule has 0 saturated heterocycles. The van der Waals surface area contributed by atoms with Gasteiger partial charge in [-0.15, -0.1) is 0 Å². The third-order valence-electron chi connectivity index (χ3n) is 4.54. The van der Waals surface area contributed by atoms with Gasteiger partial charge >= 0.3 is 0 Å². The third kappa shape index (κ3) is 3.47. The molecule has 0 spiro atoms. The molecule has 1 fully saturated rings. The Balaban J connectivity index is 2.35. The van der Waals surface area contributed by atoms with E-state index in [1.54, 1.807) is 18.2 Å². The molecular formula is C16H25NO3S. The zero-order valence-electron chi connectivity index (χ0n) is 13.0. The molecule has 0 heterocycles. The van der Waals surface area contributed by atoms with Gasteiger partial charge < -0.3 is 5.11 Å². The fourth-order valence-electron chi connectivity index (χ4n) is 3.04. The van der Waals surface area contributed by atoms with Crippen molar-refractivity contribution in [2.45, 2.75) is 64.0 Å². The van der Waals surface area contributed by atoms with E-state index in [1.165, 1.54) is 0 Å². The first-order valence-corrected chi connectivity index (χ1v) is 9.03. The average Bonchev–Trinajstić information content (AvgIpc) is 2.76. The van der Waals surface area contributed by atoms with Gasteiger partial charge in [0.25, 0.3) is 0 Å². The molecule has 0 radical (unpaired) electrons. The van der Waals surface area contributed by atoms with Crippen LogP contribution in [-0.2, 0) is 23.1 Å². The number of benzene rings is 1. The van der Waals surface area contributed by atoms with Crippen molar-refractivity contribution < 1.29 is 13.5 Å². The maximum Gasteiger partial charge on any atom is 0.241 e. The van der Waals surface area contributed by atoms with E-state index in [4.69, 9.17) is 0 Å². The summed E-state index contributed by atoms with van der Waals surface area (Å²) in [5.74, 6) is 0. The minimum atomic E-state index is -3.55. The van der Waals surface area contributed by atoms with Crippen molar-refractivity contribution in [3.8, 4) is 0 Å². The highest BCUT2D eigenvalue weighted by Crippen LogP contribution is 2.38. The Morgan fingerprint density at radius 3 is 2.62 bits per heavy atom. The molecule has 1 aromatic rings. The molecule has 1 atom stereocenters. The van der Waals surface area contributed by atoms with Gasteiger partial charge in [-0.1, -0.05) is 39.3 Å². The van der Waals surface area contributed by atoms with Crippen molar-refractivity contribution in [1.29, 1.82) is 0 Å². The Morgan fingerprint density at radius 1 is 1.38 bits per heavy atom. The SMILES string of the molecule is CCc1ccc(CO)cc1S(=O)(=O)NC1CCCC1(C)C. The summed E-state index contributed by atoms with van der Waals surface area (Å²) in [5, 5.41) is 9.24. The lowest BCUT2D eigenvalue weighted by molar-refractivity contribution is 0.281. The largest absolute Gasteiger partial charge is 0.392 e. The fourth-order valence-corrected chi connectivity index (χ4v) is 4.84.